The Morgan fingerprint density at radius 1 is 0.905 bits per heavy atom. The van der Waals surface area contributed by atoms with Gasteiger partial charge in [-0.25, -0.2) is 13.6 Å². The number of nitrogens with two attached hydrogens (primary N) is 1. The minimum Gasteiger partial charge on any atom is -0.381 e. The molecule has 0 spiro atoms. The topological polar surface area (TPSA) is 69.4 Å². The van der Waals surface area contributed by atoms with Crippen LogP contribution in [-0.2, 0) is 14.8 Å². The molecular formula is C16H35NO3S. The van der Waals surface area contributed by atoms with Gasteiger partial charge in [0.25, 0.3) is 0 Å². The minimum absolute atomic E-state index is 0.0392. The van der Waals surface area contributed by atoms with E-state index in [1.54, 1.807) is 0 Å². The lowest BCUT2D eigenvalue weighted by Crippen LogP contribution is -2.37. The first-order valence-electron chi connectivity index (χ1n) is 8.47. The van der Waals surface area contributed by atoms with E-state index in [1.807, 2.05) is 0 Å². The van der Waals surface area contributed by atoms with Gasteiger partial charge in [0.1, 0.15) is 0 Å². The molecule has 0 unspecified atom stereocenters. The SMILES string of the molecule is CCCCCCCOCC(CCC)(CCC)CS(N)(=O)=O. The highest BCUT2D eigenvalue weighted by Gasteiger charge is 2.33. The standard InChI is InChI=1S/C16H35NO3S/c1-4-7-8-9-10-13-20-14-16(11-5-2,12-6-3)15-21(17,18)19/h4-15H2,1-3H3,(H2,17,18,19). The summed E-state index contributed by atoms with van der Waals surface area (Å²) >= 11 is 0. The van der Waals surface area contributed by atoms with Crippen molar-refractivity contribution in [3.05, 3.63) is 0 Å². The quantitative estimate of drug-likeness (QED) is 0.494. The molecular weight excluding hydrogens is 286 g/mol. The Kier molecular flexibility index (Phi) is 11.4. The molecule has 0 aliphatic heterocycles. The van der Waals surface area contributed by atoms with Gasteiger partial charge < -0.3 is 4.74 Å². The van der Waals surface area contributed by atoms with E-state index < -0.39 is 10.0 Å². The third-order valence-electron chi connectivity index (χ3n) is 3.87. The maximum atomic E-state index is 11.5. The van der Waals surface area contributed by atoms with E-state index in [-0.39, 0.29) is 11.2 Å². The van der Waals surface area contributed by atoms with Crippen molar-refractivity contribution >= 4 is 10.0 Å². The van der Waals surface area contributed by atoms with E-state index in [4.69, 9.17) is 9.88 Å². The maximum absolute atomic E-state index is 11.5. The molecule has 0 aliphatic carbocycles. The van der Waals surface area contributed by atoms with Crippen LogP contribution in [0.5, 0.6) is 0 Å². The highest BCUT2D eigenvalue weighted by molar-refractivity contribution is 7.89. The zero-order chi connectivity index (χ0) is 16.2. The largest absolute Gasteiger partial charge is 0.381 e. The third kappa shape index (κ3) is 11.1. The van der Waals surface area contributed by atoms with Gasteiger partial charge in [0, 0.05) is 12.0 Å². The predicted octanol–water partition coefficient (Wildman–Crippen LogP) is 3.85. The first kappa shape index (κ1) is 20.9. The second-order valence-corrected chi connectivity index (χ2v) is 7.89. The van der Waals surface area contributed by atoms with Gasteiger partial charge in [-0.3, -0.25) is 0 Å². The Balaban J connectivity index is 4.32. The van der Waals surface area contributed by atoms with Crippen molar-refractivity contribution in [2.24, 2.45) is 10.6 Å². The van der Waals surface area contributed by atoms with Gasteiger partial charge in [-0.05, 0) is 19.3 Å². The summed E-state index contributed by atoms with van der Waals surface area (Å²) in [7, 11) is -3.46. The van der Waals surface area contributed by atoms with Crippen LogP contribution in [0.3, 0.4) is 0 Å². The van der Waals surface area contributed by atoms with E-state index in [0.29, 0.717) is 6.61 Å². The van der Waals surface area contributed by atoms with E-state index >= 15 is 0 Å². The van der Waals surface area contributed by atoms with Gasteiger partial charge in [0.15, 0.2) is 0 Å². The summed E-state index contributed by atoms with van der Waals surface area (Å²) in [5.74, 6) is 0.0392. The van der Waals surface area contributed by atoms with Crippen LogP contribution < -0.4 is 5.14 Å². The molecule has 2 N–H and O–H groups in total. The number of unbranched alkanes of at least 4 members (excludes halogenated alkanes) is 4. The Morgan fingerprint density at radius 3 is 1.95 bits per heavy atom. The molecule has 128 valence electrons. The summed E-state index contributed by atoms with van der Waals surface area (Å²) in [6.45, 7) is 7.60. The van der Waals surface area contributed by atoms with Crippen LogP contribution in [0.1, 0.15) is 78.6 Å². The molecule has 0 saturated heterocycles. The summed E-state index contributed by atoms with van der Waals surface area (Å²) < 4.78 is 28.9. The van der Waals surface area contributed by atoms with E-state index in [9.17, 15) is 8.42 Å². The van der Waals surface area contributed by atoms with Crippen molar-refractivity contribution in [3.63, 3.8) is 0 Å². The zero-order valence-corrected chi connectivity index (χ0v) is 15.0. The maximum Gasteiger partial charge on any atom is 0.209 e. The molecule has 4 nitrogen and oxygen atoms in total. The summed E-state index contributed by atoms with van der Waals surface area (Å²) in [6, 6.07) is 0. The predicted molar refractivity (Wildman–Crippen MR) is 89.8 cm³/mol. The molecule has 0 saturated carbocycles. The Bertz CT molecular complexity index is 335. The van der Waals surface area contributed by atoms with Gasteiger partial charge in [-0.1, -0.05) is 59.3 Å². The van der Waals surface area contributed by atoms with Gasteiger partial charge in [0.2, 0.25) is 10.0 Å². The van der Waals surface area contributed by atoms with Crippen molar-refractivity contribution in [1.29, 1.82) is 0 Å². The van der Waals surface area contributed by atoms with Crippen LogP contribution in [0.4, 0.5) is 0 Å². The van der Waals surface area contributed by atoms with Crippen molar-refractivity contribution < 1.29 is 13.2 Å². The van der Waals surface area contributed by atoms with Crippen LogP contribution in [0, 0.1) is 5.41 Å². The lowest BCUT2D eigenvalue weighted by molar-refractivity contribution is 0.0418. The molecule has 0 radical (unpaired) electrons. The molecule has 0 aliphatic rings. The van der Waals surface area contributed by atoms with Crippen LogP contribution >= 0.6 is 0 Å². The molecule has 0 atom stereocenters. The molecule has 5 heteroatoms. The highest BCUT2D eigenvalue weighted by Crippen LogP contribution is 2.31. The monoisotopic (exact) mass is 321 g/mol. The summed E-state index contributed by atoms with van der Waals surface area (Å²) in [4.78, 5) is 0. The first-order valence-corrected chi connectivity index (χ1v) is 10.2. The van der Waals surface area contributed by atoms with Gasteiger partial charge in [-0.15, -0.1) is 0 Å². The number of hydrogen-bond donors (Lipinski definition) is 1. The van der Waals surface area contributed by atoms with Crippen molar-refractivity contribution in [2.45, 2.75) is 78.6 Å². The molecule has 0 heterocycles. The smallest absolute Gasteiger partial charge is 0.209 e. The lowest BCUT2D eigenvalue weighted by Gasteiger charge is -2.32. The first-order chi connectivity index (χ1) is 9.89. The number of ether oxygens (including phenoxy) is 1. The van der Waals surface area contributed by atoms with Gasteiger partial charge in [0.05, 0.1) is 12.4 Å². The van der Waals surface area contributed by atoms with E-state index in [0.717, 1.165) is 38.7 Å². The van der Waals surface area contributed by atoms with Crippen molar-refractivity contribution in [2.75, 3.05) is 19.0 Å². The molecule has 0 aromatic carbocycles. The summed E-state index contributed by atoms with van der Waals surface area (Å²) in [5, 5.41) is 5.28. The number of rotatable bonds is 14. The molecule has 0 aromatic heterocycles. The second-order valence-electron chi connectivity index (χ2n) is 6.27. The lowest BCUT2D eigenvalue weighted by atomic mass is 9.82. The Hall–Kier alpha value is -0.130. The van der Waals surface area contributed by atoms with Crippen molar-refractivity contribution in [1.82, 2.24) is 0 Å². The third-order valence-corrected chi connectivity index (χ3v) is 4.88. The van der Waals surface area contributed by atoms with Gasteiger partial charge in [-0.2, -0.15) is 0 Å². The molecule has 0 fully saturated rings. The average molecular weight is 322 g/mol. The number of hydrogen-bond acceptors (Lipinski definition) is 3. The Labute approximate surface area is 131 Å². The number of sulfonamides is 1. The van der Waals surface area contributed by atoms with E-state index in [2.05, 4.69) is 20.8 Å². The van der Waals surface area contributed by atoms with Crippen molar-refractivity contribution in [3.8, 4) is 0 Å². The normalized spacial score (nSPS) is 12.8. The summed E-state index contributed by atoms with van der Waals surface area (Å²) in [5.41, 5.74) is -0.305. The fourth-order valence-electron chi connectivity index (χ4n) is 3.04. The zero-order valence-electron chi connectivity index (χ0n) is 14.2. The molecule has 0 amide bonds. The average Bonchev–Trinajstić information content (AvgIpc) is 2.36. The molecule has 21 heavy (non-hydrogen) atoms. The fraction of sp³-hybridized carbons (Fsp3) is 1.00. The molecule has 0 bridgehead atoms. The molecule has 0 rings (SSSR count). The Morgan fingerprint density at radius 2 is 1.48 bits per heavy atom. The summed E-state index contributed by atoms with van der Waals surface area (Å²) in [6.07, 6.45) is 9.64. The van der Waals surface area contributed by atoms with E-state index in [1.165, 1.54) is 25.7 Å². The number of primary sulfonamides is 1. The second kappa shape index (κ2) is 11.4. The van der Waals surface area contributed by atoms with Gasteiger partial charge >= 0.3 is 0 Å². The highest BCUT2D eigenvalue weighted by atomic mass is 32.2. The molecule has 0 aromatic rings. The fourth-order valence-corrected chi connectivity index (χ4v) is 4.26. The van der Waals surface area contributed by atoms with Crippen LogP contribution in [0.15, 0.2) is 0 Å². The minimum atomic E-state index is -3.46. The van der Waals surface area contributed by atoms with Crippen LogP contribution in [-0.4, -0.2) is 27.4 Å². The van der Waals surface area contributed by atoms with Crippen LogP contribution in [0.25, 0.3) is 0 Å². The van der Waals surface area contributed by atoms with Crippen LogP contribution in [0.2, 0.25) is 0 Å².